The summed E-state index contributed by atoms with van der Waals surface area (Å²) in [6.07, 6.45) is 1.57. The van der Waals surface area contributed by atoms with Gasteiger partial charge in [0, 0.05) is 6.20 Å². The zero-order chi connectivity index (χ0) is 15.7. The predicted molar refractivity (Wildman–Crippen MR) is 77.1 cm³/mol. The highest BCUT2D eigenvalue weighted by atomic mass is 19.1. The SMILES string of the molecule is C[C@@]1(c2ccccn2)NC(=O)N(Cc2ccc(F)cc2)C1=O. The lowest BCUT2D eigenvalue weighted by atomic mass is 9.97. The van der Waals surface area contributed by atoms with Crippen molar-refractivity contribution >= 4 is 11.9 Å². The second-order valence-electron chi connectivity index (χ2n) is 5.29. The van der Waals surface area contributed by atoms with Crippen LogP contribution >= 0.6 is 0 Å². The van der Waals surface area contributed by atoms with E-state index in [0.717, 1.165) is 4.90 Å². The third-order valence-electron chi connectivity index (χ3n) is 3.71. The molecule has 0 saturated carbocycles. The summed E-state index contributed by atoms with van der Waals surface area (Å²) in [5.74, 6) is -0.736. The monoisotopic (exact) mass is 299 g/mol. The third-order valence-corrected chi connectivity index (χ3v) is 3.71. The summed E-state index contributed by atoms with van der Waals surface area (Å²) in [4.78, 5) is 30.0. The molecule has 22 heavy (non-hydrogen) atoms. The van der Waals surface area contributed by atoms with E-state index >= 15 is 0 Å². The lowest BCUT2D eigenvalue weighted by Gasteiger charge is -2.20. The number of benzene rings is 1. The van der Waals surface area contributed by atoms with E-state index in [2.05, 4.69) is 10.3 Å². The maximum Gasteiger partial charge on any atom is 0.325 e. The number of carbonyl (C=O) groups is 2. The summed E-state index contributed by atoms with van der Waals surface area (Å²) in [5, 5.41) is 2.68. The minimum Gasteiger partial charge on any atom is -0.318 e. The normalized spacial score (nSPS) is 21.1. The molecule has 112 valence electrons. The van der Waals surface area contributed by atoms with E-state index in [1.807, 2.05) is 0 Å². The fourth-order valence-electron chi connectivity index (χ4n) is 2.45. The van der Waals surface area contributed by atoms with Crippen molar-refractivity contribution < 1.29 is 14.0 Å². The van der Waals surface area contributed by atoms with Crippen LogP contribution in [0.5, 0.6) is 0 Å². The van der Waals surface area contributed by atoms with Gasteiger partial charge in [-0.25, -0.2) is 9.18 Å². The van der Waals surface area contributed by atoms with E-state index in [4.69, 9.17) is 0 Å². The van der Waals surface area contributed by atoms with Gasteiger partial charge in [0.1, 0.15) is 5.82 Å². The quantitative estimate of drug-likeness (QED) is 0.884. The lowest BCUT2D eigenvalue weighted by Crippen LogP contribution is -2.41. The van der Waals surface area contributed by atoms with Gasteiger partial charge in [-0.05, 0) is 36.8 Å². The van der Waals surface area contributed by atoms with Gasteiger partial charge in [-0.1, -0.05) is 18.2 Å². The molecule has 0 unspecified atom stereocenters. The summed E-state index contributed by atoms with van der Waals surface area (Å²) in [5.41, 5.74) is -0.0246. The summed E-state index contributed by atoms with van der Waals surface area (Å²) in [7, 11) is 0. The van der Waals surface area contributed by atoms with Crippen molar-refractivity contribution in [3.05, 3.63) is 65.7 Å². The molecule has 1 aliphatic heterocycles. The molecule has 1 saturated heterocycles. The van der Waals surface area contributed by atoms with Crippen LogP contribution in [0.3, 0.4) is 0 Å². The van der Waals surface area contributed by atoms with Crippen molar-refractivity contribution in [3.8, 4) is 0 Å². The molecule has 1 aromatic carbocycles. The second kappa shape index (κ2) is 5.22. The van der Waals surface area contributed by atoms with Crippen LogP contribution in [0.2, 0.25) is 0 Å². The Bertz CT molecular complexity index is 718. The van der Waals surface area contributed by atoms with Gasteiger partial charge in [-0.2, -0.15) is 0 Å². The van der Waals surface area contributed by atoms with Gasteiger partial charge in [-0.15, -0.1) is 0 Å². The average molecular weight is 299 g/mol. The van der Waals surface area contributed by atoms with E-state index in [1.165, 1.54) is 12.1 Å². The van der Waals surface area contributed by atoms with Crippen molar-refractivity contribution in [2.75, 3.05) is 0 Å². The van der Waals surface area contributed by atoms with Gasteiger partial charge >= 0.3 is 6.03 Å². The fraction of sp³-hybridized carbons (Fsp3) is 0.188. The zero-order valence-corrected chi connectivity index (χ0v) is 11.9. The molecule has 2 heterocycles. The molecule has 6 heteroatoms. The molecule has 0 aliphatic carbocycles. The number of urea groups is 1. The van der Waals surface area contributed by atoms with E-state index in [-0.39, 0.29) is 18.3 Å². The van der Waals surface area contributed by atoms with Gasteiger partial charge < -0.3 is 5.32 Å². The number of rotatable bonds is 3. The first-order valence-corrected chi connectivity index (χ1v) is 6.81. The Morgan fingerprint density at radius 2 is 1.91 bits per heavy atom. The first-order valence-electron chi connectivity index (χ1n) is 6.81. The molecule has 3 amide bonds. The van der Waals surface area contributed by atoms with Crippen LogP contribution in [0, 0.1) is 5.82 Å². The van der Waals surface area contributed by atoms with E-state index in [1.54, 1.807) is 43.5 Å². The maximum absolute atomic E-state index is 12.9. The number of amides is 3. The molecule has 5 nitrogen and oxygen atoms in total. The van der Waals surface area contributed by atoms with E-state index < -0.39 is 11.6 Å². The number of hydrogen-bond donors (Lipinski definition) is 1. The smallest absolute Gasteiger partial charge is 0.318 e. The fourth-order valence-corrected chi connectivity index (χ4v) is 2.45. The van der Waals surface area contributed by atoms with Crippen molar-refractivity contribution in [3.63, 3.8) is 0 Å². The number of pyridine rings is 1. The van der Waals surface area contributed by atoms with Crippen molar-refractivity contribution in [2.24, 2.45) is 0 Å². The summed E-state index contributed by atoms with van der Waals surface area (Å²) < 4.78 is 12.9. The molecule has 1 atom stereocenters. The van der Waals surface area contributed by atoms with Crippen LogP contribution < -0.4 is 5.32 Å². The Balaban J connectivity index is 1.87. The average Bonchev–Trinajstić information content (AvgIpc) is 2.75. The number of carbonyl (C=O) groups excluding carboxylic acids is 2. The highest BCUT2D eigenvalue weighted by Crippen LogP contribution is 2.28. The van der Waals surface area contributed by atoms with E-state index in [0.29, 0.717) is 11.3 Å². The van der Waals surface area contributed by atoms with Gasteiger partial charge in [0.25, 0.3) is 5.91 Å². The topological polar surface area (TPSA) is 62.3 Å². The molecule has 0 bridgehead atoms. The standard InChI is InChI=1S/C16H14FN3O2/c1-16(13-4-2-3-9-18-13)14(21)20(15(22)19-16)10-11-5-7-12(17)8-6-11/h2-9H,10H2,1H3,(H,19,22)/t16-/m0/s1. The number of nitrogens with zero attached hydrogens (tertiary/aromatic N) is 2. The molecule has 1 N–H and O–H groups in total. The van der Waals surface area contributed by atoms with Crippen LogP contribution in [-0.4, -0.2) is 21.8 Å². The Morgan fingerprint density at radius 1 is 1.18 bits per heavy atom. The minimum atomic E-state index is -1.18. The van der Waals surface area contributed by atoms with E-state index in [9.17, 15) is 14.0 Å². The number of halogens is 1. The highest BCUT2D eigenvalue weighted by Gasteiger charge is 2.49. The Morgan fingerprint density at radius 3 is 2.55 bits per heavy atom. The molecular weight excluding hydrogens is 285 g/mol. The van der Waals surface area contributed by atoms with Crippen LogP contribution in [-0.2, 0) is 16.9 Å². The van der Waals surface area contributed by atoms with Crippen LogP contribution in [0.1, 0.15) is 18.2 Å². The number of nitrogens with one attached hydrogen (secondary N) is 1. The number of aromatic nitrogens is 1. The largest absolute Gasteiger partial charge is 0.325 e. The van der Waals surface area contributed by atoms with Crippen LogP contribution in [0.15, 0.2) is 48.7 Å². The third kappa shape index (κ3) is 2.32. The molecular formula is C16H14FN3O2. The maximum atomic E-state index is 12.9. The summed E-state index contributed by atoms with van der Waals surface area (Å²) >= 11 is 0. The molecule has 1 fully saturated rings. The number of hydrogen-bond acceptors (Lipinski definition) is 3. The van der Waals surface area contributed by atoms with Crippen LogP contribution in [0.25, 0.3) is 0 Å². The Labute approximate surface area is 126 Å². The van der Waals surface area contributed by atoms with Crippen molar-refractivity contribution in [2.45, 2.75) is 19.0 Å². The zero-order valence-electron chi connectivity index (χ0n) is 11.9. The van der Waals surface area contributed by atoms with Gasteiger partial charge in [0.15, 0.2) is 5.54 Å². The van der Waals surface area contributed by atoms with Crippen molar-refractivity contribution in [1.82, 2.24) is 15.2 Å². The Hall–Kier alpha value is -2.76. The van der Waals surface area contributed by atoms with Gasteiger partial charge in [0.05, 0.1) is 12.2 Å². The van der Waals surface area contributed by atoms with Crippen LogP contribution in [0.4, 0.5) is 9.18 Å². The molecule has 1 aromatic heterocycles. The second-order valence-corrected chi connectivity index (χ2v) is 5.29. The predicted octanol–water partition coefficient (Wildman–Crippen LogP) is 2.19. The summed E-state index contributed by atoms with van der Waals surface area (Å²) in [6.45, 7) is 1.72. The first-order chi connectivity index (χ1) is 10.5. The molecule has 2 aromatic rings. The summed E-state index contributed by atoms with van der Waals surface area (Å²) in [6, 6.07) is 10.4. The van der Waals surface area contributed by atoms with Gasteiger partial charge in [0.2, 0.25) is 0 Å². The lowest BCUT2D eigenvalue weighted by molar-refractivity contribution is -0.131. The van der Waals surface area contributed by atoms with Crippen molar-refractivity contribution in [1.29, 1.82) is 0 Å². The Kier molecular flexibility index (Phi) is 3.36. The molecule has 0 spiro atoms. The number of imide groups is 1. The minimum absolute atomic E-state index is 0.0906. The highest BCUT2D eigenvalue weighted by molar-refractivity contribution is 6.06. The molecule has 3 rings (SSSR count). The first kappa shape index (κ1) is 14.2. The molecule has 0 radical (unpaired) electrons. The van der Waals surface area contributed by atoms with Gasteiger partial charge in [-0.3, -0.25) is 14.7 Å². The molecule has 1 aliphatic rings.